The number of rotatable bonds is 6. The van der Waals surface area contributed by atoms with Crippen molar-refractivity contribution < 1.29 is 23.6 Å². The predicted octanol–water partition coefficient (Wildman–Crippen LogP) is 1.49. The van der Waals surface area contributed by atoms with Gasteiger partial charge in [-0.2, -0.15) is 0 Å². The molecule has 8 nitrogen and oxygen atoms in total. The van der Waals surface area contributed by atoms with Crippen LogP contribution in [-0.4, -0.2) is 85.8 Å². The van der Waals surface area contributed by atoms with E-state index in [1.54, 1.807) is 18.2 Å². The number of anilines is 1. The van der Waals surface area contributed by atoms with Gasteiger partial charge in [-0.3, -0.25) is 24.5 Å². The largest absolute Gasteiger partial charge is 0.369 e. The molecule has 3 aliphatic heterocycles. The quantitative estimate of drug-likeness (QED) is 0.501. The molecule has 4 aliphatic rings. The van der Waals surface area contributed by atoms with Crippen molar-refractivity contribution in [3.63, 3.8) is 0 Å². The number of likely N-dealkylation sites (N-methyl/N-ethyl adjacent to an activating group) is 1. The Hall–Kier alpha value is -2.81. The summed E-state index contributed by atoms with van der Waals surface area (Å²) in [6, 6.07) is 4.16. The Balaban J connectivity index is 1.27. The number of nitrogens with one attached hydrogen (secondary N) is 1. The third-order valence-corrected chi connectivity index (χ3v) is 7.98. The number of nitrogens with zero attached hydrogens (tertiary/aromatic N) is 3. The highest BCUT2D eigenvalue weighted by molar-refractivity contribution is 6.06. The van der Waals surface area contributed by atoms with Crippen LogP contribution < -0.4 is 10.2 Å². The summed E-state index contributed by atoms with van der Waals surface area (Å²) in [5.41, 5.74) is 1.08. The van der Waals surface area contributed by atoms with E-state index in [9.17, 15) is 19.2 Å². The van der Waals surface area contributed by atoms with Crippen molar-refractivity contribution in [2.24, 2.45) is 17.8 Å². The second kappa shape index (κ2) is 9.09. The molecule has 0 radical (unpaired) electrons. The van der Waals surface area contributed by atoms with Crippen LogP contribution >= 0.6 is 0 Å². The molecule has 1 aliphatic carbocycles. The number of piperidine rings is 3. The van der Waals surface area contributed by atoms with Gasteiger partial charge in [0.2, 0.25) is 11.8 Å². The molecule has 5 rings (SSSR count). The third-order valence-electron chi connectivity index (χ3n) is 7.98. The minimum atomic E-state index is -0.957. The van der Waals surface area contributed by atoms with Crippen molar-refractivity contribution in [2.45, 2.75) is 37.9 Å². The second-order valence-electron chi connectivity index (χ2n) is 10.3. The maximum Gasteiger partial charge on any atom is 0.255 e. The summed E-state index contributed by atoms with van der Waals surface area (Å²) >= 11 is 0. The molecule has 34 heavy (non-hydrogen) atoms. The fourth-order valence-electron chi connectivity index (χ4n) is 5.78. The maximum absolute atomic E-state index is 15.1. The SMILES string of the molecule is CN(C(=O)c1cc(N2CC[C@H](CN3CC4CC4C3)C(F)C2)ccc1C=O)C1CCC(=O)NC1=O. The van der Waals surface area contributed by atoms with Crippen molar-refractivity contribution >= 4 is 29.7 Å². The fraction of sp³-hybridized carbons (Fsp3) is 0.600. The zero-order valence-corrected chi connectivity index (χ0v) is 19.4. The Morgan fingerprint density at radius 2 is 1.97 bits per heavy atom. The van der Waals surface area contributed by atoms with Gasteiger partial charge in [-0.1, -0.05) is 0 Å². The van der Waals surface area contributed by atoms with E-state index in [4.69, 9.17) is 0 Å². The van der Waals surface area contributed by atoms with Crippen molar-refractivity contribution in [1.29, 1.82) is 0 Å². The first kappa shape index (κ1) is 23.0. The van der Waals surface area contributed by atoms with Crippen LogP contribution in [0.3, 0.4) is 0 Å². The number of fused-ring (bicyclic) bond motifs is 1. The highest BCUT2D eigenvalue weighted by Gasteiger charge is 2.46. The molecular formula is C25H31FN4O4. The summed E-state index contributed by atoms with van der Waals surface area (Å²) in [6.45, 7) is 3.96. The van der Waals surface area contributed by atoms with Gasteiger partial charge in [-0.05, 0) is 49.3 Å². The van der Waals surface area contributed by atoms with Crippen LogP contribution in [0, 0.1) is 17.8 Å². The highest BCUT2D eigenvalue weighted by atomic mass is 19.1. The molecule has 182 valence electrons. The van der Waals surface area contributed by atoms with Crippen LogP contribution in [0.1, 0.15) is 46.4 Å². The number of amides is 3. The predicted molar refractivity (Wildman–Crippen MR) is 123 cm³/mol. The third kappa shape index (κ3) is 4.45. The van der Waals surface area contributed by atoms with E-state index in [-0.39, 0.29) is 42.3 Å². The van der Waals surface area contributed by atoms with E-state index in [0.29, 0.717) is 18.5 Å². The number of carbonyl (C=O) groups excluding carboxylic acids is 4. The van der Waals surface area contributed by atoms with Crippen molar-refractivity contribution in [2.75, 3.05) is 44.7 Å². The molecule has 1 aromatic rings. The number of halogens is 1. The van der Waals surface area contributed by atoms with Crippen LogP contribution in [0.2, 0.25) is 0 Å². The van der Waals surface area contributed by atoms with Gasteiger partial charge in [-0.15, -0.1) is 0 Å². The van der Waals surface area contributed by atoms with Gasteiger partial charge < -0.3 is 14.7 Å². The first-order chi connectivity index (χ1) is 16.3. The van der Waals surface area contributed by atoms with Gasteiger partial charge in [0.15, 0.2) is 6.29 Å². The van der Waals surface area contributed by atoms with Crippen LogP contribution in [0.5, 0.6) is 0 Å². The fourth-order valence-corrected chi connectivity index (χ4v) is 5.78. The first-order valence-electron chi connectivity index (χ1n) is 12.2. The van der Waals surface area contributed by atoms with Crippen LogP contribution in [0.25, 0.3) is 0 Å². The van der Waals surface area contributed by atoms with E-state index in [1.165, 1.54) is 18.4 Å². The Morgan fingerprint density at radius 1 is 1.21 bits per heavy atom. The molecule has 1 N–H and O–H groups in total. The number of imide groups is 1. The monoisotopic (exact) mass is 470 g/mol. The van der Waals surface area contributed by atoms with E-state index in [1.807, 2.05) is 4.90 Å². The summed E-state index contributed by atoms with van der Waals surface area (Å²) in [7, 11) is 1.50. The van der Waals surface area contributed by atoms with E-state index in [2.05, 4.69) is 10.2 Å². The molecule has 3 amide bonds. The molecular weight excluding hydrogens is 439 g/mol. The lowest BCUT2D eigenvalue weighted by Gasteiger charge is -2.38. The summed E-state index contributed by atoms with van der Waals surface area (Å²) in [4.78, 5) is 54.1. The Morgan fingerprint density at radius 3 is 2.65 bits per heavy atom. The Bertz CT molecular complexity index is 1010. The molecule has 0 aromatic heterocycles. The Labute approximate surface area is 198 Å². The zero-order valence-electron chi connectivity index (χ0n) is 19.4. The number of hydrogen-bond acceptors (Lipinski definition) is 6. The lowest BCUT2D eigenvalue weighted by Crippen LogP contribution is -2.53. The molecule has 4 fully saturated rings. The number of carbonyl (C=O) groups is 4. The smallest absolute Gasteiger partial charge is 0.255 e. The summed E-state index contributed by atoms with van der Waals surface area (Å²) in [6.07, 6.45) is 2.12. The Kier molecular flexibility index (Phi) is 6.14. The summed E-state index contributed by atoms with van der Waals surface area (Å²) < 4.78 is 15.1. The molecule has 4 unspecified atom stereocenters. The zero-order chi connectivity index (χ0) is 24.0. The first-order valence-corrected chi connectivity index (χ1v) is 12.2. The molecule has 0 spiro atoms. The van der Waals surface area contributed by atoms with Gasteiger partial charge in [0.05, 0.1) is 5.56 Å². The molecule has 3 heterocycles. The average molecular weight is 471 g/mol. The van der Waals surface area contributed by atoms with Gasteiger partial charge in [-0.25, -0.2) is 4.39 Å². The summed E-state index contributed by atoms with van der Waals surface area (Å²) in [5, 5.41) is 2.25. The number of likely N-dealkylation sites (tertiary alicyclic amines) is 1. The van der Waals surface area contributed by atoms with Crippen LogP contribution in [0.4, 0.5) is 10.1 Å². The van der Waals surface area contributed by atoms with Crippen molar-refractivity contribution in [1.82, 2.24) is 15.1 Å². The molecule has 3 saturated heterocycles. The number of hydrogen-bond donors (Lipinski definition) is 1. The van der Waals surface area contributed by atoms with E-state index >= 15 is 4.39 Å². The highest BCUT2D eigenvalue weighted by Crippen LogP contribution is 2.45. The normalized spacial score (nSPS) is 31.1. The molecule has 0 bridgehead atoms. The van der Waals surface area contributed by atoms with E-state index < -0.39 is 24.0 Å². The van der Waals surface area contributed by atoms with Gasteiger partial charge in [0.25, 0.3) is 5.91 Å². The second-order valence-corrected chi connectivity index (χ2v) is 10.3. The minimum absolute atomic E-state index is 0.0164. The van der Waals surface area contributed by atoms with Crippen molar-refractivity contribution in [3.05, 3.63) is 29.3 Å². The standard InChI is InChI=1S/C25H31FN4O4/c1-28(22-4-5-23(32)27-24(22)33)25(34)20-9-19(3-2-16(20)14-31)30-7-6-15(21(26)13-30)10-29-11-17-8-18(17)12-29/h2-3,9,14-15,17-18,21-22H,4-8,10-13H2,1H3,(H,27,32,33)/t15-,17?,18?,21?,22?/m1/s1. The molecule has 5 atom stereocenters. The number of aldehydes is 1. The number of alkyl halides is 1. The molecule has 1 aromatic carbocycles. The van der Waals surface area contributed by atoms with Crippen LogP contribution in [0.15, 0.2) is 18.2 Å². The topological polar surface area (TPSA) is 90.0 Å². The number of benzene rings is 1. The lowest BCUT2D eigenvalue weighted by atomic mass is 9.93. The van der Waals surface area contributed by atoms with E-state index in [0.717, 1.165) is 37.9 Å². The minimum Gasteiger partial charge on any atom is -0.369 e. The lowest BCUT2D eigenvalue weighted by molar-refractivity contribution is -0.136. The summed E-state index contributed by atoms with van der Waals surface area (Å²) in [5.74, 6) is 0.338. The van der Waals surface area contributed by atoms with Gasteiger partial charge >= 0.3 is 0 Å². The van der Waals surface area contributed by atoms with Crippen molar-refractivity contribution in [3.8, 4) is 0 Å². The molecule has 9 heteroatoms. The van der Waals surface area contributed by atoms with Crippen LogP contribution in [-0.2, 0) is 9.59 Å². The average Bonchev–Trinajstić information content (AvgIpc) is 3.44. The van der Waals surface area contributed by atoms with Gasteiger partial charge in [0, 0.05) is 63.4 Å². The molecule has 1 saturated carbocycles. The van der Waals surface area contributed by atoms with Gasteiger partial charge in [0.1, 0.15) is 12.2 Å². The maximum atomic E-state index is 15.1.